The molecular formula is C20H20N2O2. The zero-order valence-electron chi connectivity index (χ0n) is 13.8. The Morgan fingerprint density at radius 2 is 1.71 bits per heavy atom. The minimum Gasteiger partial charge on any atom is -0.464 e. The predicted octanol–water partition coefficient (Wildman–Crippen LogP) is 4.60. The highest BCUT2D eigenvalue weighted by molar-refractivity contribution is 6.00. The van der Waals surface area contributed by atoms with Gasteiger partial charge in [0.05, 0.1) is 17.8 Å². The van der Waals surface area contributed by atoms with E-state index in [1.165, 1.54) is 0 Å². The van der Waals surface area contributed by atoms with E-state index < -0.39 is 0 Å². The summed E-state index contributed by atoms with van der Waals surface area (Å²) < 4.78 is 5.56. The normalized spacial score (nSPS) is 10.4. The third kappa shape index (κ3) is 3.66. The van der Waals surface area contributed by atoms with Crippen molar-refractivity contribution >= 4 is 17.3 Å². The van der Waals surface area contributed by atoms with E-state index in [1.807, 2.05) is 73.7 Å². The summed E-state index contributed by atoms with van der Waals surface area (Å²) in [5.74, 6) is 1.57. The molecule has 0 aliphatic rings. The van der Waals surface area contributed by atoms with Crippen LogP contribution < -0.4 is 5.32 Å². The summed E-state index contributed by atoms with van der Waals surface area (Å²) in [7, 11) is 1.78. The van der Waals surface area contributed by atoms with E-state index >= 15 is 0 Å². The summed E-state index contributed by atoms with van der Waals surface area (Å²) in [6.45, 7) is 2.33. The summed E-state index contributed by atoms with van der Waals surface area (Å²) in [5.41, 5.74) is 2.37. The van der Waals surface area contributed by atoms with Crippen LogP contribution in [0.1, 0.15) is 21.9 Å². The molecule has 1 amide bonds. The third-order valence-corrected chi connectivity index (χ3v) is 3.75. The van der Waals surface area contributed by atoms with Crippen LogP contribution in [0.15, 0.2) is 71.1 Å². The van der Waals surface area contributed by atoms with Crippen molar-refractivity contribution in [2.45, 2.75) is 13.5 Å². The monoisotopic (exact) mass is 320 g/mol. The Balaban J connectivity index is 1.79. The van der Waals surface area contributed by atoms with Gasteiger partial charge >= 0.3 is 0 Å². The van der Waals surface area contributed by atoms with Gasteiger partial charge in [-0.05, 0) is 43.3 Å². The van der Waals surface area contributed by atoms with Crippen LogP contribution in [0.3, 0.4) is 0 Å². The van der Waals surface area contributed by atoms with Crippen LogP contribution in [-0.4, -0.2) is 17.9 Å². The molecule has 122 valence electrons. The lowest BCUT2D eigenvalue weighted by Gasteiger charge is -2.18. The van der Waals surface area contributed by atoms with Crippen molar-refractivity contribution in [2.24, 2.45) is 0 Å². The Hall–Kier alpha value is -3.01. The maximum atomic E-state index is 12.8. The maximum absolute atomic E-state index is 12.8. The molecule has 0 saturated carbocycles. The minimum atomic E-state index is -0.0527. The fourth-order valence-corrected chi connectivity index (χ4v) is 2.54. The lowest BCUT2D eigenvalue weighted by atomic mass is 10.1. The standard InChI is InChI=1S/C20H20N2O2/c1-15-12-13-17(24-15)14-22(2)20(23)18-10-6-7-11-19(18)21-16-8-4-3-5-9-16/h3-13,21H,14H2,1-2H3. The number of nitrogens with zero attached hydrogens (tertiary/aromatic N) is 1. The number of anilines is 2. The SMILES string of the molecule is Cc1ccc(CN(C)C(=O)c2ccccc2Nc2ccccc2)o1. The highest BCUT2D eigenvalue weighted by Crippen LogP contribution is 2.22. The number of amides is 1. The molecule has 1 N–H and O–H groups in total. The van der Waals surface area contributed by atoms with Gasteiger partial charge in [0.25, 0.3) is 5.91 Å². The van der Waals surface area contributed by atoms with Gasteiger partial charge in [0.2, 0.25) is 0 Å². The van der Waals surface area contributed by atoms with Crippen LogP contribution >= 0.6 is 0 Å². The topological polar surface area (TPSA) is 45.5 Å². The van der Waals surface area contributed by atoms with Gasteiger partial charge in [0.1, 0.15) is 11.5 Å². The van der Waals surface area contributed by atoms with Crippen molar-refractivity contribution in [2.75, 3.05) is 12.4 Å². The molecule has 0 atom stereocenters. The van der Waals surface area contributed by atoms with E-state index in [0.717, 1.165) is 22.9 Å². The first-order valence-corrected chi connectivity index (χ1v) is 7.85. The molecule has 2 aromatic carbocycles. The Morgan fingerprint density at radius 1 is 1.00 bits per heavy atom. The zero-order valence-corrected chi connectivity index (χ0v) is 13.8. The van der Waals surface area contributed by atoms with E-state index in [1.54, 1.807) is 11.9 Å². The number of furan rings is 1. The molecule has 1 heterocycles. The number of carbonyl (C=O) groups is 1. The third-order valence-electron chi connectivity index (χ3n) is 3.75. The molecule has 0 bridgehead atoms. The van der Waals surface area contributed by atoms with Crippen molar-refractivity contribution in [1.29, 1.82) is 0 Å². The molecule has 0 radical (unpaired) electrons. The van der Waals surface area contributed by atoms with Crippen LogP contribution in [-0.2, 0) is 6.54 Å². The first-order chi connectivity index (χ1) is 11.6. The van der Waals surface area contributed by atoms with Gasteiger partial charge in [-0.2, -0.15) is 0 Å². The summed E-state index contributed by atoms with van der Waals surface area (Å²) in [5, 5.41) is 3.31. The molecule has 3 aromatic rings. The van der Waals surface area contributed by atoms with Crippen LogP contribution in [0.2, 0.25) is 0 Å². The van der Waals surface area contributed by atoms with E-state index in [2.05, 4.69) is 5.32 Å². The quantitative estimate of drug-likeness (QED) is 0.747. The van der Waals surface area contributed by atoms with Crippen molar-refractivity contribution < 1.29 is 9.21 Å². The van der Waals surface area contributed by atoms with Crippen LogP contribution in [0.4, 0.5) is 11.4 Å². The summed E-state index contributed by atoms with van der Waals surface area (Å²) in [6, 6.07) is 21.1. The Labute approximate surface area is 141 Å². The Morgan fingerprint density at radius 3 is 2.42 bits per heavy atom. The van der Waals surface area contributed by atoms with Gasteiger partial charge < -0.3 is 14.6 Å². The molecule has 4 nitrogen and oxygen atoms in total. The van der Waals surface area contributed by atoms with Crippen LogP contribution in [0.5, 0.6) is 0 Å². The van der Waals surface area contributed by atoms with Crippen molar-refractivity contribution in [3.63, 3.8) is 0 Å². The molecular weight excluding hydrogens is 300 g/mol. The molecule has 0 saturated heterocycles. The largest absolute Gasteiger partial charge is 0.464 e. The lowest BCUT2D eigenvalue weighted by Crippen LogP contribution is -2.26. The van der Waals surface area contributed by atoms with E-state index in [9.17, 15) is 4.79 Å². The van der Waals surface area contributed by atoms with Gasteiger partial charge in [0.15, 0.2) is 0 Å². The second kappa shape index (κ2) is 7.04. The van der Waals surface area contributed by atoms with E-state index in [4.69, 9.17) is 4.42 Å². The molecule has 0 fully saturated rings. The first-order valence-electron chi connectivity index (χ1n) is 7.85. The predicted molar refractivity (Wildman–Crippen MR) is 95.4 cm³/mol. The van der Waals surface area contributed by atoms with Crippen molar-refractivity contribution in [3.8, 4) is 0 Å². The van der Waals surface area contributed by atoms with Crippen molar-refractivity contribution in [3.05, 3.63) is 83.8 Å². The molecule has 0 spiro atoms. The molecule has 24 heavy (non-hydrogen) atoms. The number of rotatable bonds is 5. The number of nitrogens with one attached hydrogen (secondary N) is 1. The molecule has 4 heteroatoms. The lowest BCUT2D eigenvalue weighted by molar-refractivity contribution is 0.0776. The fraction of sp³-hybridized carbons (Fsp3) is 0.150. The van der Waals surface area contributed by atoms with Gasteiger partial charge in [-0.3, -0.25) is 4.79 Å². The number of hydrogen-bond acceptors (Lipinski definition) is 3. The van der Waals surface area contributed by atoms with Crippen LogP contribution in [0, 0.1) is 6.92 Å². The summed E-state index contributed by atoms with van der Waals surface area (Å²) in [4.78, 5) is 14.5. The van der Waals surface area contributed by atoms with Crippen molar-refractivity contribution in [1.82, 2.24) is 4.90 Å². The van der Waals surface area contributed by atoms with Crippen LogP contribution in [0.25, 0.3) is 0 Å². The smallest absolute Gasteiger partial charge is 0.256 e. The average Bonchev–Trinajstić information content (AvgIpc) is 3.00. The van der Waals surface area contributed by atoms with Gasteiger partial charge in [-0.15, -0.1) is 0 Å². The number of para-hydroxylation sites is 2. The summed E-state index contributed by atoms with van der Waals surface area (Å²) >= 11 is 0. The number of aryl methyl sites for hydroxylation is 1. The van der Waals surface area contributed by atoms with Gasteiger partial charge in [-0.1, -0.05) is 30.3 Å². The molecule has 0 aliphatic carbocycles. The minimum absolute atomic E-state index is 0.0527. The molecule has 0 unspecified atom stereocenters. The summed E-state index contributed by atoms with van der Waals surface area (Å²) in [6.07, 6.45) is 0. The molecule has 3 rings (SSSR count). The number of benzene rings is 2. The fourth-order valence-electron chi connectivity index (χ4n) is 2.54. The zero-order chi connectivity index (χ0) is 16.9. The van der Waals surface area contributed by atoms with E-state index in [-0.39, 0.29) is 5.91 Å². The van der Waals surface area contributed by atoms with E-state index in [0.29, 0.717) is 12.1 Å². The molecule has 0 aliphatic heterocycles. The van der Waals surface area contributed by atoms with Gasteiger partial charge in [-0.25, -0.2) is 0 Å². The Bertz CT molecular complexity index is 824. The maximum Gasteiger partial charge on any atom is 0.256 e. The second-order valence-electron chi connectivity index (χ2n) is 5.71. The highest BCUT2D eigenvalue weighted by atomic mass is 16.3. The highest BCUT2D eigenvalue weighted by Gasteiger charge is 2.17. The Kier molecular flexibility index (Phi) is 4.66. The second-order valence-corrected chi connectivity index (χ2v) is 5.71. The van der Waals surface area contributed by atoms with Gasteiger partial charge in [0, 0.05) is 12.7 Å². The molecule has 1 aromatic heterocycles. The first kappa shape index (κ1) is 15.9. The average molecular weight is 320 g/mol. The number of carbonyl (C=O) groups excluding carboxylic acids is 1. The number of hydrogen-bond donors (Lipinski definition) is 1.